The highest BCUT2D eigenvalue weighted by Crippen LogP contribution is 2.29. The molecule has 1 unspecified atom stereocenters. The Morgan fingerprint density at radius 3 is 3.06 bits per heavy atom. The molecule has 0 bridgehead atoms. The number of pyridine rings is 1. The monoisotopic (exact) mass is 236 g/mol. The normalized spacial score (nSPS) is 18.2. The third kappa shape index (κ3) is 2.87. The molecule has 1 aromatic heterocycles. The minimum Gasteiger partial charge on any atom is -0.475 e. The molecule has 92 valence electrons. The van der Waals surface area contributed by atoms with Crippen molar-refractivity contribution in [3.63, 3.8) is 0 Å². The molecule has 17 heavy (non-hydrogen) atoms. The maximum atomic E-state index is 11.6. The molecule has 1 N–H and O–H groups in total. The highest BCUT2D eigenvalue weighted by molar-refractivity contribution is 5.68. The Bertz CT molecular complexity index is 426. The molecule has 5 nitrogen and oxygen atoms in total. The summed E-state index contributed by atoms with van der Waals surface area (Å²) in [5.41, 5.74) is 0.389. The minimum atomic E-state index is -0.499. The van der Waals surface area contributed by atoms with Crippen molar-refractivity contribution < 1.29 is 14.3 Å². The van der Waals surface area contributed by atoms with Crippen molar-refractivity contribution in [2.45, 2.75) is 32.4 Å². The number of fused-ring (bicyclic) bond motifs is 1. The third-order valence-electron chi connectivity index (χ3n) is 2.25. The number of carbonyl (C=O) groups is 1. The van der Waals surface area contributed by atoms with E-state index in [0.29, 0.717) is 12.5 Å². The zero-order valence-corrected chi connectivity index (χ0v) is 10.2. The van der Waals surface area contributed by atoms with Crippen LogP contribution in [0.2, 0.25) is 0 Å². The molecule has 0 aliphatic carbocycles. The zero-order valence-electron chi connectivity index (χ0n) is 10.2. The van der Waals surface area contributed by atoms with Crippen molar-refractivity contribution in [1.82, 2.24) is 10.3 Å². The van der Waals surface area contributed by atoms with Gasteiger partial charge in [0.25, 0.3) is 0 Å². The number of nitrogens with one attached hydrogen (secondary N) is 1. The number of hydrogen-bond donors (Lipinski definition) is 1. The fourth-order valence-corrected chi connectivity index (χ4v) is 1.61. The smallest absolute Gasteiger partial charge is 0.408 e. The van der Waals surface area contributed by atoms with Crippen molar-refractivity contribution in [1.29, 1.82) is 0 Å². The summed E-state index contributed by atoms with van der Waals surface area (Å²) < 4.78 is 10.5. The summed E-state index contributed by atoms with van der Waals surface area (Å²) in [6, 6.07) is 3.52. The molecule has 5 heteroatoms. The second kappa shape index (κ2) is 4.24. The van der Waals surface area contributed by atoms with E-state index in [4.69, 9.17) is 9.47 Å². The first-order chi connectivity index (χ1) is 7.96. The van der Waals surface area contributed by atoms with Gasteiger partial charge in [0, 0.05) is 11.8 Å². The number of carbonyl (C=O) groups excluding carboxylic acids is 1. The van der Waals surface area contributed by atoms with E-state index in [1.165, 1.54) is 0 Å². The van der Waals surface area contributed by atoms with Crippen LogP contribution in [-0.4, -0.2) is 23.3 Å². The number of nitrogens with zero attached hydrogens (tertiary/aromatic N) is 1. The lowest BCUT2D eigenvalue weighted by molar-refractivity contribution is 0.0496. The fourth-order valence-electron chi connectivity index (χ4n) is 1.61. The predicted octanol–water partition coefficient (Wildman–Crippen LogP) is 2.04. The van der Waals surface area contributed by atoms with Gasteiger partial charge in [-0.15, -0.1) is 0 Å². The lowest BCUT2D eigenvalue weighted by Gasteiger charge is -2.21. The molecule has 0 radical (unpaired) electrons. The molecule has 1 atom stereocenters. The lowest BCUT2D eigenvalue weighted by atomic mass is 10.1. The van der Waals surface area contributed by atoms with E-state index < -0.39 is 11.7 Å². The van der Waals surface area contributed by atoms with Crippen LogP contribution in [0.15, 0.2) is 18.3 Å². The number of aromatic nitrogens is 1. The number of alkyl carbamates (subject to hydrolysis) is 1. The third-order valence-corrected chi connectivity index (χ3v) is 2.25. The van der Waals surface area contributed by atoms with Gasteiger partial charge < -0.3 is 14.8 Å². The molecular weight excluding hydrogens is 220 g/mol. The van der Waals surface area contributed by atoms with Crippen LogP contribution in [0.25, 0.3) is 0 Å². The fraction of sp³-hybridized carbons (Fsp3) is 0.500. The van der Waals surface area contributed by atoms with Crippen LogP contribution in [0.5, 0.6) is 5.88 Å². The maximum absolute atomic E-state index is 11.6. The molecule has 1 aromatic rings. The van der Waals surface area contributed by atoms with Crippen LogP contribution in [0.4, 0.5) is 4.79 Å². The Balaban J connectivity index is 2.00. The molecule has 2 heterocycles. The topological polar surface area (TPSA) is 60.5 Å². The van der Waals surface area contributed by atoms with Crippen LogP contribution < -0.4 is 10.1 Å². The van der Waals surface area contributed by atoms with E-state index >= 15 is 0 Å². The van der Waals surface area contributed by atoms with Crippen molar-refractivity contribution in [3.05, 3.63) is 23.9 Å². The maximum Gasteiger partial charge on any atom is 0.408 e. The highest BCUT2D eigenvalue weighted by Gasteiger charge is 2.28. The second-order valence-corrected chi connectivity index (χ2v) is 4.91. The van der Waals surface area contributed by atoms with Gasteiger partial charge >= 0.3 is 6.09 Å². The first-order valence-electron chi connectivity index (χ1n) is 5.53. The number of ether oxygens (including phenoxy) is 2. The summed E-state index contributed by atoms with van der Waals surface area (Å²) in [5, 5.41) is 2.77. The van der Waals surface area contributed by atoms with E-state index in [1.54, 1.807) is 6.20 Å². The van der Waals surface area contributed by atoms with E-state index in [0.717, 1.165) is 5.56 Å². The van der Waals surface area contributed by atoms with Crippen LogP contribution in [-0.2, 0) is 4.74 Å². The van der Waals surface area contributed by atoms with E-state index in [2.05, 4.69) is 10.3 Å². The molecule has 1 aliphatic rings. The number of rotatable bonds is 1. The van der Waals surface area contributed by atoms with Gasteiger partial charge in [0.05, 0.1) is 6.04 Å². The minimum absolute atomic E-state index is 0.187. The summed E-state index contributed by atoms with van der Waals surface area (Å²) in [5.74, 6) is 0.577. The SMILES string of the molecule is CC(C)(C)OC(=O)NC1COc2ncccc21. The number of hydrogen-bond acceptors (Lipinski definition) is 4. The van der Waals surface area contributed by atoms with Gasteiger partial charge in [-0.2, -0.15) is 0 Å². The Hall–Kier alpha value is -1.78. The molecule has 0 aromatic carbocycles. The summed E-state index contributed by atoms with van der Waals surface area (Å²) in [7, 11) is 0. The first kappa shape index (κ1) is 11.7. The summed E-state index contributed by atoms with van der Waals surface area (Å²) in [6.07, 6.45) is 1.22. The Kier molecular flexibility index (Phi) is 2.92. The quantitative estimate of drug-likeness (QED) is 0.810. The molecule has 0 fully saturated rings. The average molecular weight is 236 g/mol. The van der Waals surface area contributed by atoms with Gasteiger partial charge in [0.2, 0.25) is 5.88 Å². The van der Waals surface area contributed by atoms with Crippen LogP contribution >= 0.6 is 0 Å². The van der Waals surface area contributed by atoms with Gasteiger partial charge in [-0.1, -0.05) is 0 Å². The predicted molar refractivity (Wildman–Crippen MR) is 61.8 cm³/mol. The molecule has 0 saturated heterocycles. The molecule has 0 saturated carbocycles. The Morgan fingerprint density at radius 2 is 2.35 bits per heavy atom. The largest absolute Gasteiger partial charge is 0.475 e. The van der Waals surface area contributed by atoms with Crippen molar-refractivity contribution in [2.24, 2.45) is 0 Å². The van der Waals surface area contributed by atoms with Gasteiger partial charge in [0.1, 0.15) is 12.2 Å². The Labute approximate surface area is 100 Å². The van der Waals surface area contributed by atoms with Crippen molar-refractivity contribution >= 4 is 6.09 Å². The van der Waals surface area contributed by atoms with E-state index in [9.17, 15) is 4.79 Å². The summed E-state index contributed by atoms with van der Waals surface area (Å²) >= 11 is 0. The highest BCUT2D eigenvalue weighted by atomic mass is 16.6. The molecule has 1 amide bonds. The van der Waals surface area contributed by atoms with E-state index in [-0.39, 0.29) is 6.04 Å². The van der Waals surface area contributed by atoms with Crippen LogP contribution in [0.3, 0.4) is 0 Å². The average Bonchev–Trinajstić information content (AvgIpc) is 2.59. The van der Waals surface area contributed by atoms with Crippen molar-refractivity contribution in [3.8, 4) is 5.88 Å². The van der Waals surface area contributed by atoms with E-state index in [1.807, 2.05) is 32.9 Å². The molecule has 2 rings (SSSR count). The van der Waals surface area contributed by atoms with Gasteiger partial charge in [-0.3, -0.25) is 0 Å². The van der Waals surface area contributed by atoms with Gasteiger partial charge in [-0.05, 0) is 32.9 Å². The van der Waals surface area contributed by atoms with Crippen LogP contribution in [0, 0.1) is 0 Å². The van der Waals surface area contributed by atoms with Gasteiger partial charge in [0.15, 0.2) is 0 Å². The van der Waals surface area contributed by atoms with Gasteiger partial charge in [-0.25, -0.2) is 9.78 Å². The molecule has 0 spiro atoms. The number of amides is 1. The molecule has 1 aliphatic heterocycles. The lowest BCUT2D eigenvalue weighted by Crippen LogP contribution is -2.35. The second-order valence-electron chi connectivity index (χ2n) is 4.91. The summed E-state index contributed by atoms with van der Waals surface area (Å²) in [4.78, 5) is 15.7. The zero-order chi connectivity index (χ0) is 12.5. The van der Waals surface area contributed by atoms with Crippen molar-refractivity contribution in [2.75, 3.05) is 6.61 Å². The molecular formula is C12H16N2O3. The first-order valence-corrected chi connectivity index (χ1v) is 5.53. The Morgan fingerprint density at radius 1 is 1.59 bits per heavy atom. The summed E-state index contributed by atoms with van der Waals surface area (Å²) in [6.45, 7) is 5.87. The van der Waals surface area contributed by atoms with Crippen LogP contribution in [0.1, 0.15) is 32.4 Å². The standard InChI is InChI=1S/C12H16N2O3/c1-12(2,3)17-11(15)14-9-7-16-10-8(9)5-4-6-13-10/h4-6,9H,7H2,1-3H3,(H,14,15).